The van der Waals surface area contributed by atoms with E-state index in [1.807, 2.05) is 22.9 Å². The van der Waals surface area contributed by atoms with Crippen LogP contribution in [0.2, 0.25) is 0 Å². The highest BCUT2D eigenvalue weighted by Gasteiger charge is 2.18. The first-order valence-electron chi connectivity index (χ1n) is 5.25. The highest BCUT2D eigenvalue weighted by Crippen LogP contribution is 2.24. The van der Waals surface area contributed by atoms with Gasteiger partial charge in [0.15, 0.2) is 0 Å². The number of pyridine rings is 1. The van der Waals surface area contributed by atoms with Crippen molar-refractivity contribution in [2.24, 2.45) is 0 Å². The first-order valence-corrected chi connectivity index (χ1v) is 5.25. The Morgan fingerprint density at radius 2 is 2.06 bits per heavy atom. The summed E-state index contributed by atoms with van der Waals surface area (Å²) in [6.45, 7) is 6.22. The number of rotatable bonds is 1. The number of nitrogen functional groups attached to an aromatic ring is 1. The summed E-state index contributed by atoms with van der Waals surface area (Å²) >= 11 is 0. The van der Waals surface area contributed by atoms with Gasteiger partial charge in [-0.1, -0.05) is 0 Å². The molecular formula is C12H16N4. The van der Waals surface area contributed by atoms with E-state index in [1.54, 1.807) is 12.4 Å². The first kappa shape index (κ1) is 10.7. The van der Waals surface area contributed by atoms with Crippen molar-refractivity contribution in [3.8, 4) is 11.3 Å². The summed E-state index contributed by atoms with van der Waals surface area (Å²) in [6.07, 6.45) is 3.53. The molecule has 0 aromatic carbocycles. The van der Waals surface area contributed by atoms with Crippen molar-refractivity contribution in [1.82, 2.24) is 14.8 Å². The highest BCUT2D eigenvalue weighted by molar-refractivity contribution is 5.61. The minimum atomic E-state index is -0.107. The van der Waals surface area contributed by atoms with Gasteiger partial charge >= 0.3 is 0 Å². The van der Waals surface area contributed by atoms with Crippen LogP contribution in [0.1, 0.15) is 20.8 Å². The molecule has 0 aliphatic heterocycles. The Balaban J connectivity index is 2.47. The third-order valence-corrected chi connectivity index (χ3v) is 2.33. The standard InChI is InChI=1S/C12H16N4/c1-12(2,3)16-11(13)7-10(15-16)9-5-4-6-14-8-9/h4-8H,13H2,1-3H3. The maximum absolute atomic E-state index is 5.94. The van der Waals surface area contributed by atoms with Crippen LogP contribution in [0.3, 0.4) is 0 Å². The zero-order chi connectivity index (χ0) is 11.8. The zero-order valence-electron chi connectivity index (χ0n) is 9.81. The quantitative estimate of drug-likeness (QED) is 0.795. The summed E-state index contributed by atoms with van der Waals surface area (Å²) in [7, 11) is 0. The highest BCUT2D eigenvalue weighted by atomic mass is 15.3. The number of aromatic nitrogens is 3. The van der Waals surface area contributed by atoms with Gasteiger partial charge in [0, 0.05) is 24.0 Å². The molecule has 4 nitrogen and oxygen atoms in total. The van der Waals surface area contributed by atoms with Crippen LogP contribution in [-0.2, 0) is 5.54 Å². The maximum atomic E-state index is 5.94. The van der Waals surface area contributed by atoms with Gasteiger partial charge in [0.1, 0.15) is 5.82 Å². The molecule has 0 fully saturated rings. The first-order chi connectivity index (χ1) is 7.48. The Hall–Kier alpha value is -1.84. The van der Waals surface area contributed by atoms with E-state index in [0.29, 0.717) is 5.82 Å². The molecule has 0 spiro atoms. The number of hydrogen-bond acceptors (Lipinski definition) is 3. The molecule has 84 valence electrons. The summed E-state index contributed by atoms with van der Waals surface area (Å²) in [6, 6.07) is 5.74. The molecule has 0 radical (unpaired) electrons. The molecule has 0 bridgehead atoms. The molecule has 2 aromatic rings. The topological polar surface area (TPSA) is 56.7 Å². The van der Waals surface area contributed by atoms with Gasteiger partial charge in [-0.25, -0.2) is 4.68 Å². The summed E-state index contributed by atoms with van der Waals surface area (Å²) in [4.78, 5) is 4.07. The Morgan fingerprint density at radius 3 is 2.56 bits per heavy atom. The molecule has 4 heteroatoms. The molecule has 0 aliphatic carbocycles. The van der Waals surface area contributed by atoms with Gasteiger partial charge in [0.2, 0.25) is 0 Å². The van der Waals surface area contributed by atoms with Crippen LogP contribution in [0.25, 0.3) is 11.3 Å². The lowest BCUT2D eigenvalue weighted by molar-refractivity contribution is 0.362. The van der Waals surface area contributed by atoms with Gasteiger partial charge < -0.3 is 5.73 Å². The van der Waals surface area contributed by atoms with Gasteiger partial charge in [-0.2, -0.15) is 5.10 Å². The van der Waals surface area contributed by atoms with Gasteiger partial charge in [-0.15, -0.1) is 0 Å². The maximum Gasteiger partial charge on any atom is 0.122 e. The van der Waals surface area contributed by atoms with E-state index in [2.05, 4.69) is 30.9 Å². The Kier molecular flexibility index (Phi) is 2.42. The third-order valence-electron chi connectivity index (χ3n) is 2.33. The normalized spacial score (nSPS) is 11.7. The van der Waals surface area contributed by atoms with Gasteiger partial charge in [-0.05, 0) is 32.9 Å². The van der Waals surface area contributed by atoms with Gasteiger partial charge in [0.25, 0.3) is 0 Å². The van der Waals surface area contributed by atoms with Crippen LogP contribution in [0.4, 0.5) is 5.82 Å². The van der Waals surface area contributed by atoms with Crippen molar-refractivity contribution < 1.29 is 0 Å². The van der Waals surface area contributed by atoms with E-state index < -0.39 is 0 Å². The van der Waals surface area contributed by atoms with E-state index in [9.17, 15) is 0 Å². The lowest BCUT2D eigenvalue weighted by Gasteiger charge is -2.20. The summed E-state index contributed by atoms with van der Waals surface area (Å²) in [5.74, 6) is 0.673. The number of anilines is 1. The summed E-state index contributed by atoms with van der Waals surface area (Å²) < 4.78 is 1.83. The number of nitrogens with two attached hydrogens (primary N) is 1. The number of hydrogen-bond donors (Lipinski definition) is 1. The average molecular weight is 216 g/mol. The van der Waals surface area contributed by atoms with E-state index in [4.69, 9.17) is 5.73 Å². The van der Waals surface area contributed by atoms with Gasteiger partial charge in [0.05, 0.1) is 11.2 Å². The second-order valence-electron chi connectivity index (χ2n) is 4.78. The molecule has 0 saturated carbocycles. The lowest BCUT2D eigenvalue weighted by Crippen LogP contribution is -2.24. The second kappa shape index (κ2) is 3.63. The van der Waals surface area contributed by atoms with E-state index in [0.717, 1.165) is 11.3 Å². The minimum Gasteiger partial charge on any atom is -0.384 e. The smallest absolute Gasteiger partial charge is 0.122 e. The fourth-order valence-corrected chi connectivity index (χ4v) is 1.59. The van der Waals surface area contributed by atoms with Gasteiger partial charge in [-0.3, -0.25) is 4.98 Å². The monoisotopic (exact) mass is 216 g/mol. The van der Waals surface area contributed by atoms with Crippen LogP contribution >= 0.6 is 0 Å². The van der Waals surface area contributed by atoms with Crippen molar-refractivity contribution in [2.75, 3.05) is 5.73 Å². The fourth-order valence-electron chi connectivity index (χ4n) is 1.59. The van der Waals surface area contributed by atoms with Crippen LogP contribution in [0, 0.1) is 0 Å². The Morgan fingerprint density at radius 1 is 1.31 bits per heavy atom. The van der Waals surface area contributed by atoms with Crippen LogP contribution in [0.5, 0.6) is 0 Å². The minimum absolute atomic E-state index is 0.107. The largest absolute Gasteiger partial charge is 0.384 e. The second-order valence-corrected chi connectivity index (χ2v) is 4.78. The molecule has 0 amide bonds. The molecule has 2 heterocycles. The molecule has 0 saturated heterocycles. The molecular weight excluding hydrogens is 200 g/mol. The van der Waals surface area contributed by atoms with Crippen LogP contribution < -0.4 is 5.73 Å². The average Bonchev–Trinajstić information content (AvgIpc) is 2.61. The van der Waals surface area contributed by atoms with Crippen molar-refractivity contribution in [1.29, 1.82) is 0 Å². The molecule has 0 atom stereocenters. The summed E-state index contributed by atoms with van der Waals surface area (Å²) in [5.41, 5.74) is 7.68. The zero-order valence-corrected chi connectivity index (χ0v) is 9.81. The number of nitrogens with zero attached hydrogens (tertiary/aromatic N) is 3. The SMILES string of the molecule is CC(C)(C)n1nc(-c2cccnc2)cc1N. The van der Waals surface area contributed by atoms with Crippen LogP contribution in [-0.4, -0.2) is 14.8 Å². The van der Waals surface area contributed by atoms with Crippen molar-refractivity contribution in [3.05, 3.63) is 30.6 Å². The van der Waals surface area contributed by atoms with E-state index in [1.165, 1.54) is 0 Å². The predicted octanol–water partition coefficient (Wildman–Crippen LogP) is 2.28. The molecule has 0 unspecified atom stereocenters. The van der Waals surface area contributed by atoms with Crippen molar-refractivity contribution >= 4 is 5.82 Å². The van der Waals surface area contributed by atoms with E-state index in [-0.39, 0.29) is 5.54 Å². The third kappa shape index (κ3) is 1.91. The molecule has 2 aromatic heterocycles. The van der Waals surface area contributed by atoms with E-state index >= 15 is 0 Å². The molecule has 2 rings (SSSR count). The Labute approximate surface area is 95.1 Å². The Bertz CT molecular complexity index is 479. The lowest BCUT2D eigenvalue weighted by atomic mass is 10.1. The summed E-state index contributed by atoms with van der Waals surface area (Å²) in [5, 5.41) is 4.50. The predicted molar refractivity (Wildman–Crippen MR) is 64.9 cm³/mol. The molecule has 16 heavy (non-hydrogen) atoms. The van der Waals surface area contributed by atoms with Crippen LogP contribution in [0.15, 0.2) is 30.6 Å². The van der Waals surface area contributed by atoms with Crippen molar-refractivity contribution in [2.45, 2.75) is 26.3 Å². The van der Waals surface area contributed by atoms with Crippen molar-refractivity contribution in [3.63, 3.8) is 0 Å². The fraction of sp³-hybridized carbons (Fsp3) is 0.333. The molecule has 2 N–H and O–H groups in total. The molecule has 0 aliphatic rings.